The molecule has 0 saturated heterocycles. The number of rotatable bonds is 11. The van der Waals surface area contributed by atoms with Gasteiger partial charge >= 0.3 is 0 Å². The van der Waals surface area contributed by atoms with Gasteiger partial charge in [0.15, 0.2) is 34.5 Å². The summed E-state index contributed by atoms with van der Waals surface area (Å²) in [6.07, 6.45) is 4.56. The number of carbonyl (C=O) groups is 2. The molecule has 0 fully saturated rings. The number of hydrogen-bond acceptors (Lipinski definition) is 10. The van der Waals surface area contributed by atoms with E-state index in [-0.39, 0.29) is 18.0 Å². The van der Waals surface area contributed by atoms with E-state index in [0.717, 1.165) is 66.5 Å². The van der Waals surface area contributed by atoms with Crippen LogP contribution in [-0.4, -0.2) is 83.7 Å². The summed E-state index contributed by atoms with van der Waals surface area (Å²) in [5, 5.41) is 3.04. The molecule has 0 saturated carbocycles. The number of methoxy groups -OCH3 is 3. The van der Waals surface area contributed by atoms with Crippen molar-refractivity contribution in [2.75, 3.05) is 61.7 Å². The zero-order valence-electron chi connectivity index (χ0n) is 37.6. The number of aldehydes is 1. The van der Waals surface area contributed by atoms with E-state index >= 15 is 0 Å². The van der Waals surface area contributed by atoms with Crippen LogP contribution in [-0.2, 0) is 25.7 Å². The van der Waals surface area contributed by atoms with Crippen molar-refractivity contribution in [1.29, 1.82) is 0 Å². The second-order valence-corrected chi connectivity index (χ2v) is 17.0. The lowest BCUT2D eigenvalue weighted by Crippen LogP contribution is -2.34. The van der Waals surface area contributed by atoms with E-state index in [1.54, 1.807) is 39.5 Å². The van der Waals surface area contributed by atoms with Gasteiger partial charge in [-0.2, -0.15) is 0 Å². The predicted octanol–water partition coefficient (Wildman–Crippen LogP) is 9.83. The van der Waals surface area contributed by atoms with E-state index in [1.165, 1.54) is 16.7 Å². The summed E-state index contributed by atoms with van der Waals surface area (Å²) in [5.74, 6) is 4.85. The molecule has 6 aromatic carbocycles. The van der Waals surface area contributed by atoms with Gasteiger partial charge in [0.2, 0.25) is 5.75 Å². The van der Waals surface area contributed by atoms with Crippen LogP contribution in [0.15, 0.2) is 109 Å². The summed E-state index contributed by atoms with van der Waals surface area (Å²) in [7, 11) is 9.36. The number of hydrogen-bond donors (Lipinski definition) is 1. The molecule has 4 heterocycles. The Kier molecular flexibility index (Phi) is 12.8. The van der Waals surface area contributed by atoms with E-state index in [0.29, 0.717) is 83.1 Å². The van der Waals surface area contributed by atoms with Gasteiger partial charge in [-0.3, -0.25) is 19.4 Å². The molecule has 11 heteroatoms. The van der Waals surface area contributed by atoms with E-state index in [9.17, 15) is 9.59 Å². The predicted molar refractivity (Wildman–Crippen MR) is 251 cm³/mol. The van der Waals surface area contributed by atoms with Gasteiger partial charge in [-0.25, -0.2) is 0 Å². The standard InChI is InChI=1S/C54H55N3O8/c1-56-23-20-39-30-47(60-3)49-32-43(39)44(56)26-34-12-17-42(18-13-34)64-48-28-36(27-45-51-40(21-24-57(45)2)31-50(61-4)52(62-5)53(51)65-49)14-19-46(48)63-25-7-22-55-54(59)41-9-6-8-38(29-41)37-15-10-35(33-58)11-16-37/h6,8-19,28-33,44-45H,7,20-27H2,1-5H3,(H,55,59)/t44?,45-/m1/s1. The Morgan fingerprint density at radius 3 is 2.17 bits per heavy atom. The van der Waals surface area contributed by atoms with Crippen molar-refractivity contribution in [2.24, 2.45) is 0 Å². The minimum Gasteiger partial charge on any atom is -0.493 e. The Labute approximate surface area is 380 Å². The molecule has 1 amide bonds. The summed E-state index contributed by atoms with van der Waals surface area (Å²) in [4.78, 5) is 29.1. The van der Waals surface area contributed by atoms with Crippen LogP contribution in [0.4, 0.5) is 0 Å². The fourth-order valence-electron chi connectivity index (χ4n) is 9.38. The zero-order valence-corrected chi connectivity index (χ0v) is 37.6. The minimum atomic E-state index is -0.166. The fraction of sp³-hybridized carbons (Fsp3) is 0.296. The maximum atomic E-state index is 13.2. The highest BCUT2D eigenvalue weighted by molar-refractivity contribution is 5.95. The van der Waals surface area contributed by atoms with Crippen molar-refractivity contribution in [3.8, 4) is 57.1 Å². The van der Waals surface area contributed by atoms with E-state index in [2.05, 4.69) is 71.7 Å². The van der Waals surface area contributed by atoms with Crippen molar-refractivity contribution in [1.82, 2.24) is 15.1 Å². The molecule has 10 rings (SSSR count). The van der Waals surface area contributed by atoms with Crippen LogP contribution in [0, 0.1) is 0 Å². The first-order valence-electron chi connectivity index (χ1n) is 22.3. The lowest BCUT2D eigenvalue weighted by molar-refractivity contribution is 0.0951. The molecular weight excluding hydrogens is 819 g/mol. The number of fused-ring (bicyclic) bond motifs is 2. The monoisotopic (exact) mass is 873 g/mol. The lowest BCUT2D eigenvalue weighted by atomic mass is 9.87. The molecule has 0 radical (unpaired) electrons. The highest BCUT2D eigenvalue weighted by Crippen LogP contribution is 2.52. The highest BCUT2D eigenvalue weighted by Gasteiger charge is 2.35. The van der Waals surface area contributed by atoms with Crippen LogP contribution in [0.2, 0.25) is 0 Å². The number of benzene rings is 6. The third-order valence-corrected chi connectivity index (χ3v) is 13.0. The number of amides is 1. The third kappa shape index (κ3) is 9.12. The molecule has 1 N–H and O–H groups in total. The molecule has 0 spiro atoms. The van der Waals surface area contributed by atoms with Gasteiger partial charge in [0, 0.05) is 48.4 Å². The molecule has 4 aliphatic heterocycles. The second-order valence-electron chi connectivity index (χ2n) is 17.0. The van der Waals surface area contributed by atoms with E-state index in [4.69, 9.17) is 28.4 Å². The first kappa shape index (κ1) is 43.4. The first-order valence-corrected chi connectivity index (χ1v) is 22.3. The molecule has 0 aromatic heterocycles. The smallest absolute Gasteiger partial charge is 0.251 e. The Bertz CT molecular complexity index is 2700. The normalized spacial score (nSPS) is 16.8. The lowest BCUT2D eigenvalue weighted by Gasteiger charge is -2.37. The summed E-state index contributed by atoms with van der Waals surface area (Å²) in [5.41, 5.74) is 9.89. The maximum Gasteiger partial charge on any atom is 0.251 e. The maximum absolute atomic E-state index is 13.2. The Morgan fingerprint density at radius 2 is 1.42 bits per heavy atom. The molecule has 65 heavy (non-hydrogen) atoms. The number of ether oxygens (including phenoxy) is 6. The average Bonchev–Trinajstić information content (AvgIpc) is 3.33. The molecule has 6 bridgehead atoms. The van der Waals surface area contributed by atoms with Crippen LogP contribution in [0.3, 0.4) is 0 Å². The Morgan fingerprint density at radius 1 is 0.708 bits per heavy atom. The van der Waals surface area contributed by atoms with Crippen molar-refractivity contribution in [2.45, 2.75) is 44.2 Å². The molecule has 6 aromatic rings. The Balaban J connectivity index is 1.01. The SMILES string of the molecule is COc1cc2c3cc1Oc1c(OC)c(OC)cc4c1[C@@H](Cc1ccc(OCCCNC(=O)c5cccc(-c6ccc(C=O)cc6)c5)c(c1)Oc1ccc(cc1)CC3N(C)CC2)N(C)CC4. The van der Waals surface area contributed by atoms with Crippen molar-refractivity contribution in [3.05, 3.63) is 154 Å². The van der Waals surface area contributed by atoms with Gasteiger partial charge < -0.3 is 33.7 Å². The molecule has 2 atom stereocenters. The Hall–Kier alpha value is -6.82. The summed E-state index contributed by atoms with van der Waals surface area (Å²) < 4.78 is 38.3. The van der Waals surface area contributed by atoms with Gasteiger partial charge in [0.25, 0.3) is 5.91 Å². The van der Waals surface area contributed by atoms with Gasteiger partial charge in [0.05, 0.1) is 27.9 Å². The van der Waals surface area contributed by atoms with Crippen molar-refractivity contribution < 1.29 is 38.0 Å². The minimum absolute atomic E-state index is 0.0823. The summed E-state index contributed by atoms with van der Waals surface area (Å²) in [6, 6.07) is 35.7. The fourth-order valence-corrected chi connectivity index (χ4v) is 9.38. The van der Waals surface area contributed by atoms with Crippen molar-refractivity contribution >= 4 is 12.2 Å². The largest absolute Gasteiger partial charge is 0.493 e. The molecule has 1 unspecified atom stereocenters. The van der Waals surface area contributed by atoms with Gasteiger partial charge in [0.1, 0.15) is 12.0 Å². The number of carbonyl (C=O) groups excluding carboxylic acids is 2. The van der Waals surface area contributed by atoms with Crippen LogP contribution in [0.5, 0.6) is 46.0 Å². The number of nitrogens with zero attached hydrogens (tertiary/aromatic N) is 2. The molecule has 0 aliphatic carbocycles. The van der Waals surface area contributed by atoms with Crippen molar-refractivity contribution in [3.63, 3.8) is 0 Å². The van der Waals surface area contributed by atoms with Crippen LogP contribution >= 0.6 is 0 Å². The molecular formula is C54H55N3O8. The topological polar surface area (TPSA) is 108 Å². The highest BCUT2D eigenvalue weighted by atomic mass is 16.5. The second kappa shape index (κ2) is 19.1. The first-order chi connectivity index (χ1) is 31.7. The van der Waals surface area contributed by atoms with E-state index < -0.39 is 0 Å². The van der Waals surface area contributed by atoms with Crippen LogP contribution in [0.1, 0.15) is 72.6 Å². The zero-order chi connectivity index (χ0) is 45.0. The summed E-state index contributed by atoms with van der Waals surface area (Å²) in [6.45, 7) is 2.55. The third-order valence-electron chi connectivity index (χ3n) is 13.0. The molecule has 334 valence electrons. The molecule has 11 nitrogen and oxygen atoms in total. The number of likely N-dealkylation sites (N-methyl/N-ethyl adjacent to an activating group) is 2. The van der Waals surface area contributed by atoms with Gasteiger partial charge in [-0.15, -0.1) is 0 Å². The average molecular weight is 874 g/mol. The van der Waals surface area contributed by atoms with E-state index in [1.807, 2.05) is 48.5 Å². The van der Waals surface area contributed by atoms with Gasteiger partial charge in [-0.1, -0.05) is 54.6 Å². The van der Waals surface area contributed by atoms with Crippen LogP contribution in [0.25, 0.3) is 11.1 Å². The molecule has 4 aliphatic rings. The number of nitrogens with one attached hydrogen (secondary N) is 1. The summed E-state index contributed by atoms with van der Waals surface area (Å²) >= 11 is 0. The quantitative estimate of drug-likeness (QED) is 0.0999. The van der Waals surface area contributed by atoms with Crippen LogP contribution < -0.4 is 33.7 Å². The van der Waals surface area contributed by atoms with Gasteiger partial charge in [-0.05, 0) is 140 Å².